The normalized spacial score (nSPS) is 72.5. The van der Waals surface area contributed by atoms with E-state index in [0.29, 0.717) is 60.3 Å². The molecule has 6 bridgehead atoms. The van der Waals surface area contributed by atoms with E-state index in [4.69, 9.17) is 14.2 Å². The zero-order valence-electron chi connectivity index (χ0n) is 9.57. The first kappa shape index (κ1) is 8.68. The lowest BCUT2D eigenvalue weighted by Crippen LogP contribution is -2.47. The minimum Gasteiger partial charge on any atom is -0.374 e. The Hall–Kier alpha value is -0.380. The summed E-state index contributed by atoms with van der Waals surface area (Å²) in [6, 6.07) is 0. The van der Waals surface area contributed by atoms with E-state index in [0.717, 1.165) is 0 Å². The van der Waals surface area contributed by atoms with E-state index in [-0.39, 0.29) is 0 Å². The van der Waals surface area contributed by atoms with Crippen LogP contribution in [0.3, 0.4) is 0 Å². The molecule has 3 nitrogen and oxygen atoms in total. The fourth-order valence-corrected chi connectivity index (χ4v) is 5.85. The molecule has 5 fully saturated rings. The SMILES string of the molecule is C1=CC2OC1C1C3OC(C21)C1C2CCC(O2)C31. The molecule has 17 heavy (non-hydrogen) atoms. The van der Waals surface area contributed by atoms with Crippen LogP contribution in [0.5, 0.6) is 0 Å². The standard InChI is InChI=1S/C14H16O3/c1-2-6-10-9(5(1)15-6)13-11-7-3-4-8(16-7)12(11)14(10)17-13/h1-2,5-14H,3-4H2. The Morgan fingerprint density at radius 1 is 0.647 bits per heavy atom. The Bertz CT molecular complexity index is 397. The minimum absolute atomic E-state index is 0.347. The van der Waals surface area contributed by atoms with E-state index in [1.54, 1.807) is 0 Å². The molecule has 0 aromatic heterocycles. The number of fused-ring (bicyclic) bond motifs is 16. The number of rotatable bonds is 0. The van der Waals surface area contributed by atoms with Crippen LogP contribution in [-0.4, -0.2) is 36.6 Å². The number of hydrogen-bond donors (Lipinski definition) is 0. The first-order chi connectivity index (χ1) is 8.42. The van der Waals surface area contributed by atoms with Gasteiger partial charge in [-0.15, -0.1) is 0 Å². The van der Waals surface area contributed by atoms with Gasteiger partial charge >= 0.3 is 0 Å². The minimum atomic E-state index is 0.347. The largest absolute Gasteiger partial charge is 0.374 e. The molecule has 6 aliphatic rings. The molecule has 6 rings (SSSR count). The molecule has 5 saturated heterocycles. The average Bonchev–Trinajstić information content (AvgIpc) is 3.14. The van der Waals surface area contributed by atoms with E-state index < -0.39 is 0 Å². The summed E-state index contributed by atoms with van der Waals surface area (Å²) in [5.74, 6) is 2.66. The molecule has 0 aliphatic carbocycles. The molecular formula is C14H16O3. The van der Waals surface area contributed by atoms with Crippen molar-refractivity contribution in [2.75, 3.05) is 0 Å². The molecule has 10 atom stereocenters. The summed E-state index contributed by atoms with van der Waals surface area (Å²) in [5, 5.41) is 0. The Kier molecular flexibility index (Phi) is 1.27. The van der Waals surface area contributed by atoms with Crippen molar-refractivity contribution in [1.29, 1.82) is 0 Å². The molecule has 6 aliphatic heterocycles. The fourth-order valence-electron chi connectivity index (χ4n) is 5.85. The van der Waals surface area contributed by atoms with Crippen LogP contribution in [0.1, 0.15) is 12.8 Å². The lowest BCUT2D eigenvalue weighted by molar-refractivity contribution is -0.0304. The predicted octanol–water partition coefficient (Wildman–Crippen LogP) is 1.13. The average molecular weight is 232 g/mol. The van der Waals surface area contributed by atoms with Crippen LogP contribution in [0, 0.1) is 23.7 Å². The molecule has 10 unspecified atom stereocenters. The van der Waals surface area contributed by atoms with Gasteiger partial charge in [0.2, 0.25) is 0 Å². The molecule has 0 spiro atoms. The van der Waals surface area contributed by atoms with Crippen molar-refractivity contribution in [3.05, 3.63) is 12.2 Å². The molecule has 0 N–H and O–H groups in total. The van der Waals surface area contributed by atoms with Crippen LogP contribution >= 0.6 is 0 Å². The van der Waals surface area contributed by atoms with E-state index >= 15 is 0 Å². The maximum Gasteiger partial charge on any atom is 0.0822 e. The summed E-state index contributed by atoms with van der Waals surface area (Å²) in [7, 11) is 0. The van der Waals surface area contributed by atoms with Crippen molar-refractivity contribution in [2.24, 2.45) is 23.7 Å². The highest BCUT2D eigenvalue weighted by atomic mass is 16.6. The van der Waals surface area contributed by atoms with Gasteiger partial charge in [-0.05, 0) is 12.8 Å². The maximum absolute atomic E-state index is 6.37. The van der Waals surface area contributed by atoms with E-state index in [9.17, 15) is 0 Å². The van der Waals surface area contributed by atoms with Crippen LogP contribution < -0.4 is 0 Å². The fraction of sp³-hybridized carbons (Fsp3) is 0.857. The van der Waals surface area contributed by atoms with Crippen molar-refractivity contribution in [3.8, 4) is 0 Å². The monoisotopic (exact) mass is 232 g/mol. The second kappa shape index (κ2) is 2.49. The van der Waals surface area contributed by atoms with E-state index in [1.807, 2.05) is 0 Å². The zero-order valence-corrected chi connectivity index (χ0v) is 9.57. The highest BCUT2D eigenvalue weighted by Gasteiger charge is 2.72. The van der Waals surface area contributed by atoms with Crippen molar-refractivity contribution >= 4 is 0 Å². The quantitative estimate of drug-likeness (QED) is 0.586. The van der Waals surface area contributed by atoms with Crippen LogP contribution in [0.2, 0.25) is 0 Å². The predicted molar refractivity (Wildman–Crippen MR) is 58.3 cm³/mol. The van der Waals surface area contributed by atoms with Gasteiger partial charge in [0.25, 0.3) is 0 Å². The smallest absolute Gasteiger partial charge is 0.0822 e. The summed E-state index contributed by atoms with van der Waals surface area (Å²) >= 11 is 0. The zero-order chi connectivity index (χ0) is 10.7. The Labute approximate surface area is 100 Å². The topological polar surface area (TPSA) is 27.7 Å². The molecule has 90 valence electrons. The number of hydrogen-bond acceptors (Lipinski definition) is 3. The van der Waals surface area contributed by atoms with Gasteiger partial charge in [-0.2, -0.15) is 0 Å². The van der Waals surface area contributed by atoms with Crippen molar-refractivity contribution in [3.63, 3.8) is 0 Å². The second-order valence-corrected chi connectivity index (χ2v) is 6.62. The molecule has 0 aromatic rings. The van der Waals surface area contributed by atoms with Gasteiger partial charge in [0.1, 0.15) is 0 Å². The third kappa shape index (κ3) is 0.763. The Morgan fingerprint density at radius 2 is 1.24 bits per heavy atom. The summed E-state index contributed by atoms with van der Waals surface area (Å²) < 4.78 is 18.5. The molecular weight excluding hydrogens is 216 g/mol. The lowest BCUT2D eigenvalue weighted by atomic mass is 9.61. The van der Waals surface area contributed by atoms with Crippen molar-refractivity contribution in [2.45, 2.75) is 49.5 Å². The third-order valence-corrected chi connectivity index (χ3v) is 6.23. The summed E-state index contributed by atoms with van der Waals surface area (Å²) in [6.07, 6.45) is 9.63. The van der Waals surface area contributed by atoms with Crippen LogP contribution in [0.4, 0.5) is 0 Å². The summed E-state index contributed by atoms with van der Waals surface area (Å²) in [6.45, 7) is 0. The molecule has 6 heterocycles. The summed E-state index contributed by atoms with van der Waals surface area (Å²) in [4.78, 5) is 0. The van der Waals surface area contributed by atoms with Gasteiger partial charge < -0.3 is 14.2 Å². The molecule has 0 saturated carbocycles. The van der Waals surface area contributed by atoms with E-state index in [1.165, 1.54) is 12.8 Å². The van der Waals surface area contributed by atoms with Gasteiger partial charge in [0.05, 0.1) is 36.6 Å². The Balaban J connectivity index is 1.49. The van der Waals surface area contributed by atoms with Gasteiger partial charge in [0, 0.05) is 23.7 Å². The lowest BCUT2D eigenvalue weighted by Gasteiger charge is -2.37. The third-order valence-electron chi connectivity index (χ3n) is 6.23. The molecule has 0 radical (unpaired) electrons. The van der Waals surface area contributed by atoms with Crippen molar-refractivity contribution < 1.29 is 14.2 Å². The van der Waals surface area contributed by atoms with Gasteiger partial charge in [-0.1, -0.05) is 12.2 Å². The molecule has 3 heteroatoms. The van der Waals surface area contributed by atoms with Gasteiger partial charge in [0.15, 0.2) is 0 Å². The Morgan fingerprint density at radius 3 is 1.82 bits per heavy atom. The van der Waals surface area contributed by atoms with Crippen LogP contribution in [0.25, 0.3) is 0 Å². The highest BCUT2D eigenvalue weighted by molar-refractivity contribution is 5.26. The first-order valence-corrected chi connectivity index (χ1v) is 7.06. The summed E-state index contributed by atoms with van der Waals surface area (Å²) in [5.41, 5.74) is 0. The second-order valence-electron chi connectivity index (χ2n) is 6.62. The van der Waals surface area contributed by atoms with Crippen LogP contribution in [0.15, 0.2) is 12.2 Å². The van der Waals surface area contributed by atoms with Crippen molar-refractivity contribution in [1.82, 2.24) is 0 Å². The first-order valence-electron chi connectivity index (χ1n) is 7.06. The maximum atomic E-state index is 6.37. The van der Waals surface area contributed by atoms with E-state index in [2.05, 4.69) is 12.2 Å². The van der Waals surface area contributed by atoms with Crippen LogP contribution in [-0.2, 0) is 14.2 Å². The molecule has 0 amide bonds. The molecule has 0 aromatic carbocycles. The highest BCUT2D eigenvalue weighted by Crippen LogP contribution is 2.64. The van der Waals surface area contributed by atoms with Gasteiger partial charge in [-0.3, -0.25) is 0 Å². The number of ether oxygens (including phenoxy) is 3. The van der Waals surface area contributed by atoms with Gasteiger partial charge in [-0.25, -0.2) is 0 Å².